The maximum absolute atomic E-state index is 10.9. The SMILES string of the molecule is COCC(O)C(=O)CC(=O)OC. The molecule has 0 bridgehead atoms. The molecule has 0 fully saturated rings. The van der Waals surface area contributed by atoms with E-state index in [2.05, 4.69) is 9.47 Å². The Bertz CT molecular complexity index is 165. The highest BCUT2D eigenvalue weighted by Gasteiger charge is 2.18. The van der Waals surface area contributed by atoms with Gasteiger partial charge in [-0.2, -0.15) is 0 Å². The lowest BCUT2D eigenvalue weighted by molar-refractivity contribution is -0.146. The van der Waals surface area contributed by atoms with Gasteiger partial charge in [-0.1, -0.05) is 0 Å². The van der Waals surface area contributed by atoms with Gasteiger partial charge in [-0.15, -0.1) is 0 Å². The first kappa shape index (κ1) is 11.1. The van der Waals surface area contributed by atoms with Crippen molar-refractivity contribution in [3.8, 4) is 0 Å². The van der Waals surface area contributed by atoms with Crippen molar-refractivity contribution in [2.24, 2.45) is 0 Å². The molecule has 0 aliphatic carbocycles. The molecule has 0 aromatic rings. The third kappa shape index (κ3) is 4.05. The van der Waals surface area contributed by atoms with Gasteiger partial charge < -0.3 is 14.6 Å². The van der Waals surface area contributed by atoms with Crippen molar-refractivity contribution < 1.29 is 24.2 Å². The highest BCUT2D eigenvalue weighted by atomic mass is 16.5. The van der Waals surface area contributed by atoms with Gasteiger partial charge in [0.1, 0.15) is 12.5 Å². The van der Waals surface area contributed by atoms with Crippen molar-refractivity contribution in [3.63, 3.8) is 0 Å². The number of aliphatic hydroxyl groups excluding tert-OH is 1. The van der Waals surface area contributed by atoms with Crippen molar-refractivity contribution in [3.05, 3.63) is 0 Å². The first-order chi connectivity index (χ1) is 5.61. The summed E-state index contributed by atoms with van der Waals surface area (Å²) in [6.07, 6.45) is -1.66. The smallest absolute Gasteiger partial charge is 0.313 e. The minimum Gasteiger partial charge on any atom is -0.469 e. The molecule has 70 valence electrons. The minimum absolute atomic E-state index is 0.101. The van der Waals surface area contributed by atoms with Crippen LogP contribution in [0.15, 0.2) is 0 Å². The predicted octanol–water partition coefficient (Wildman–Crippen LogP) is -0.874. The summed E-state index contributed by atoms with van der Waals surface area (Å²) in [5.74, 6) is -1.25. The minimum atomic E-state index is -1.24. The fourth-order valence-electron chi connectivity index (χ4n) is 0.583. The second kappa shape index (κ2) is 5.68. The summed E-state index contributed by atoms with van der Waals surface area (Å²) in [4.78, 5) is 21.4. The molecular weight excluding hydrogens is 164 g/mol. The summed E-state index contributed by atoms with van der Waals surface area (Å²) < 4.78 is 8.75. The highest BCUT2D eigenvalue weighted by Crippen LogP contribution is 1.94. The van der Waals surface area contributed by atoms with E-state index in [0.717, 1.165) is 0 Å². The Balaban J connectivity index is 3.78. The fraction of sp³-hybridized carbons (Fsp3) is 0.714. The summed E-state index contributed by atoms with van der Waals surface area (Å²) in [6.45, 7) is -0.101. The Morgan fingerprint density at radius 2 is 2.00 bits per heavy atom. The van der Waals surface area contributed by atoms with Gasteiger partial charge in [-0.3, -0.25) is 9.59 Å². The maximum Gasteiger partial charge on any atom is 0.313 e. The van der Waals surface area contributed by atoms with Gasteiger partial charge in [0, 0.05) is 7.11 Å². The Labute approximate surface area is 70.3 Å². The molecule has 0 saturated heterocycles. The number of ketones is 1. The van der Waals surface area contributed by atoms with E-state index < -0.39 is 24.3 Å². The first-order valence-corrected chi connectivity index (χ1v) is 3.38. The quantitative estimate of drug-likeness (QED) is 0.435. The van der Waals surface area contributed by atoms with Gasteiger partial charge in [-0.25, -0.2) is 0 Å². The summed E-state index contributed by atoms with van der Waals surface area (Å²) in [5, 5.41) is 8.98. The van der Waals surface area contributed by atoms with Crippen molar-refractivity contribution in [2.45, 2.75) is 12.5 Å². The van der Waals surface area contributed by atoms with Crippen LogP contribution < -0.4 is 0 Å². The molecule has 0 aliphatic rings. The van der Waals surface area contributed by atoms with Gasteiger partial charge in [0.2, 0.25) is 0 Å². The summed E-state index contributed by atoms with van der Waals surface area (Å²) in [7, 11) is 2.53. The molecule has 0 heterocycles. The number of rotatable bonds is 5. The molecule has 0 radical (unpaired) electrons. The zero-order valence-electron chi connectivity index (χ0n) is 7.07. The fourth-order valence-corrected chi connectivity index (χ4v) is 0.583. The zero-order chi connectivity index (χ0) is 9.56. The van der Waals surface area contributed by atoms with Gasteiger partial charge in [0.05, 0.1) is 13.7 Å². The van der Waals surface area contributed by atoms with Gasteiger partial charge in [0.25, 0.3) is 0 Å². The van der Waals surface area contributed by atoms with E-state index in [1.165, 1.54) is 14.2 Å². The van der Waals surface area contributed by atoms with Crippen molar-refractivity contribution in [1.29, 1.82) is 0 Å². The molecule has 0 amide bonds. The molecule has 0 aromatic heterocycles. The standard InChI is InChI=1S/C7H12O5/c1-11-4-6(9)5(8)3-7(10)12-2/h6,9H,3-4H2,1-2H3. The molecule has 1 atom stereocenters. The third-order valence-corrected chi connectivity index (χ3v) is 1.24. The van der Waals surface area contributed by atoms with Crippen molar-refractivity contribution >= 4 is 11.8 Å². The number of methoxy groups -OCH3 is 2. The van der Waals surface area contributed by atoms with E-state index in [9.17, 15) is 9.59 Å². The molecule has 1 unspecified atom stereocenters. The summed E-state index contributed by atoms with van der Waals surface area (Å²) in [6, 6.07) is 0. The number of esters is 1. The largest absolute Gasteiger partial charge is 0.469 e. The Morgan fingerprint density at radius 1 is 1.42 bits per heavy atom. The molecule has 1 N–H and O–H groups in total. The van der Waals surface area contributed by atoms with Crippen molar-refractivity contribution in [2.75, 3.05) is 20.8 Å². The summed E-state index contributed by atoms with van der Waals surface area (Å²) in [5.41, 5.74) is 0. The van der Waals surface area contributed by atoms with Crippen LogP contribution in [-0.2, 0) is 19.1 Å². The van der Waals surface area contributed by atoms with E-state index in [-0.39, 0.29) is 6.61 Å². The second-order valence-electron chi connectivity index (χ2n) is 2.19. The van der Waals surface area contributed by atoms with Crippen LogP contribution in [0.2, 0.25) is 0 Å². The number of aliphatic hydroxyl groups is 1. The molecule has 0 spiro atoms. The molecule has 5 heteroatoms. The van der Waals surface area contributed by atoms with Crippen LogP contribution in [0.5, 0.6) is 0 Å². The van der Waals surface area contributed by atoms with Crippen molar-refractivity contribution in [1.82, 2.24) is 0 Å². The summed E-state index contributed by atoms with van der Waals surface area (Å²) >= 11 is 0. The molecule has 0 aromatic carbocycles. The number of carbonyl (C=O) groups excluding carboxylic acids is 2. The average Bonchev–Trinajstić information content (AvgIpc) is 2.04. The van der Waals surface area contributed by atoms with Crippen LogP contribution in [0, 0.1) is 0 Å². The van der Waals surface area contributed by atoms with Crippen LogP contribution in [0.4, 0.5) is 0 Å². The monoisotopic (exact) mass is 176 g/mol. The third-order valence-electron chi connectivity index (χ3n) is 1.24. The number of carbonyl (C=O) groups is 2. The van der Waals surface area contributed by atoms with E-state index >= 15 is 0 Å². The van der Waals surface area contributed by atoms with E-state index in [4.69, 9.17) is 5.11 Å². The zero-order valence-corrected chi connectivity index (χ0v) is 7.07. The molecule has 0 saturated carbocycles. The average molecular weight is 176 g/mol. The molecule has 5 nitrogen and oxygen atoms in total. The van der Waals surface area contributed by atoms with Crippen LogP contribution in [0.25, 0.3) is 0 Å². The van der Waals surface area contributed by atoms with Gasteiger partial charge in [0.15, 0.2) is 5.78 Å². The van der Waals surface area contributed by atoms with E-state index in [0.29, 0.717) is 0 Å². The van der Waals surface area contributed by atoms with Gasteiger partial charge >= 0.3 is 5.97 Å². The first-order valence-electron chi connectivity index (χ1n) is 3.38. The van der Waals surface area contributed by atoms with Crippen LogP contribution in [0.3, 0.4) is 0 Å². The molecule has 0 rings (SSSR count). The van der Waals surface area contributed by atoms with Crippen LogP contribution in [-0.4, -0.2) is 43.8 Å². The van der Waals surface area contributed by atoms with Crippen LogP contribution >= 0.6 is 0 Å². The van der Waals surface area contributed by atoms with E-state index in [1.807, 2.05) is 0 Å². The lowest BCUT2D eigenvalue weighted by atomic mass is 10.2. The highest BCUT2D eigenvalue weighted by molar-refractivity contribution is 5.97. The Hall–Kier alpha value is -0.940. The Kier molecular flexibility index (Phi) is 5.23. The van der Waals surface area contributed by atoms with E-state index in [1.54, 1.807) is 0 Å². The lowest BCUT2D eigenvalue weighted by Crippen LogP contribution is -2.27. The molecule has 0 aliphatic heterocycles. The topological polar surface area (TPSA) is 72.8 Å². The number of Topliss-reactive ketones (excluding diaryl/α,β-unsaturated/α-hetero) is 1. The molecular formula is C7H12O5. The Morgan fingerprint density at radius 3 is 2.42 bits per heavy atom. The molecule has 12 heavy (non-hydrogen) atoms. The van der Waals surface area contributed by atoms with Crippen LogP contribution in [0.1, 0.15) is 6.42 Å². The van der Waals surface area contributed by atoms with Gasteiger partial charge in [-0.05, 0) is 0 Å². The second-order valence-corrected chi connectivity index (χ2v) is 2.19. The number of ether oxygens (including phenoxy) is 2. The number of hydrogen-bond donors (Lipinski definition) is 1. The maximum atomic E-state index is 10.9. The normalized spacial score (nSPS) is 12.2. The lowest BCUT2D eigenvalue weighted by Gasteiger charge is -2.06. The number of hydrogen-bond acceptors (Lipinski definition) is 5. The predicted molar refractivity (Wildman–Crippen MR) is 39.5 cm³/mol.